The summed E-state index contributed by atoms with van der Waals surface area (Å²) in [7, 11) is -1.84. The van der Waals surface area contributed by atoms with Crippen molar-refractivity contribution in [2.75, 3.05) is 22.9 Å². The molecular weight excluding hydrogens is 455 g/mol. The summed E-state index contributed by atoms with van der Waals surface area (Å²) in [6, 6.07) is 14.0. The van der Waals surface area contributed by atoms with Crippen LogP contribution in [0.5, 0.6) is 5.75 Å². The number of hydrogen-bond donors (Lipinski definition) is 1. The van der Waals surface area contributed by atoms with Gasteiger partial charge in [-0.05, 0) is 78.0 Å². The summed E-state index contributed by atoms with van der Waals surface area (Å²) in [5.74, 6) is 0.217. The largest absolute Gasteiger partial charge is 0.481 e. The third kappa shape index (κ3) is 5.60. The van der Waals surface area contributed by atoms with Crippen LogP contribution in [0.25, 0.3) is 0 Å². The Balaban J connectivity index is 1.99. The molecule has 0 spiro atoms. The first-order valence-electron chi connectivity index (χ1n) is 7.44. The van der Waals surface area contributed by atoms with Gasteiger partial charge in [0.1, 0.15) is 5.75 Å². The summed E-state index contributed by atoms with van der Waals surface area (Å²) in [4.78, 5) is 12.2. The zero-order chi connectivity index (χ0) is 18.6. The molecule has 0 heterocycles. The summed E-state index contributed by atoms with van der Waals surface area (Å²) in [5, 5.41) is 2.78. The second-order valence-corrected chi connectivity index (χ2v) is 8.74. The second kappa shape index (κ2) is 8.05. The van der Waals surface area contributed by atoms with E-state index in [1.165, 1.54) is 11.4 Å². The molecule has 25 heavy (non-hydrogen) atoms. The number of carbonyl (C=O) groups excluding carboxylic acids is 1. The molecule has 134 valence electrons. The maximum absolute atomic E-state index is 12.2. The van der Waals surface area contributed by atoms with Crippen molar-refractivity contribution in [1.29, 1.82) is 0 Å². The molecule has 0 saturated carbocycles. The van der Waals surface area contributed by atoms with Gasteiger partial charge in [-0.1, -0.05) is 0 Å². The summed E-state index contributed by atoms with van der Waals surface area (Å²) in [5.41, 5.74) is 1.22. The van der Waals surface area contributed by atoms with E-state index in [-0.39, 0.29) is 5.91 Å². The number of benzene rings is 2. The van der Waals surface area contributed by atoms with E-state index >= 15 is 0 Å². The molecule has 6 nitrogen and oxygen atoms in total. The average molecular weight is 474 g/mol. The van der Waals surface area contributed by atoms with Gasteiger partial charge in [-0.3, -0.25) is 9.10 Å². The Labute approximate surface area is 161 Å². The van der Waals surface area contributed by atoms with Gasteiger partial charge in [0, 0.05) is 16.3 Å². The summed E-state index contributed by atoms with van der Waals surface area (Å²) < 4.78 is 30.9. The van der Waals surface area contributed by atoms with Crippen LogP contribution >= 0.6 is 22.6 Å². The van der Waals surface area contributed by atoms with Crippen LogP contribution in [-0.4, -0.2) is 33.7 Å². The van der Waals surface area contributed by atoms with E-state index in [9.17, 15) is 13.2 Å². The summed E-state index contributed by atoms with van der Waals surface area (Å²) in [6.45, 7) is 1.65. The van der Waals surface area contributed by atoms with Crippen LogP contribution in [0, 0.1) is 3.57 Å². The number of carbonyl (C=O) groups is 1. The zero-order valence-electron chi connectivity index (χ0n) is 14.1. The van der Waals surface area contributed by atoms with Crippen molar-refractivity contribution in [3.8, 4) is 5.75 Å². The van der Waals surface area contributed by atoms with E-state index in [1.807, 2.05) is 24.3 Å². The van der Waals surface area contributed by atoms with Gasteiger partial charge in [0.05, 0.1) is 11.9 Å². The first-order valence-corrected chi connectivity index (χ1v) is 10.4. The molecule has 1 N–H and O–H groups in total. The topological polar surface area (TPSA) is 75.7 Å². The fourth-order valence-electron chi connectivity index (χ4n) is 1.96. The summed E-state index contributed by atoms with van der Waals surface area (Å²) in [6.07, 6.45) is 0.437. The minimum atomic E-state index is -3.32. The number of nitrogens with one attached hydrogen (secondary N) is 1. The smallest absolute Gasteiger partial charge is 0.265 e. The number of anilines is 2. The Bertz CT molecular complexity index is 836. The molecule has 0 fully saturated rings. The average Bonchev–Trinajstić information content (AvgIpc) is 2.56. The fourth-order valence-corrected chi connectivity index (χ4v) is 2.83. The molecule has 2 aromatic rings. The van der Waals surface area contributed by atoms with Gasteiger partial charge >= 0.3 is 0 Å². The Morgan fingerprint density at radius 3 is 2.20 bits per heavy atom. The number of amides is 1. The normalized spacial score (nSPS) is 12.3. The maximum atomic E-state index is 12.2. The van der Waals surface area contributed by atoms with Crippen molar-refractivity contribution in [2.45, 2.75) is 13.0 Å². The van der Waals surface area contributed by atoms with Gasteiger partial charge in [-0.25, -0.2) is 8.42 Å². The van der Waals surface area contributed by atoms with Crippen molar-refractivity contribution in [2.24, 2.45) is 0 Å². The van der Waals surface area contributed by atoms with Crippen LogP contribution in [0.4, 0.5) is 11.4 Å². The predicted octanol–water partition coefficient (Wildman–Crippen LogP) is 3.09. The van der Waals surface area contributed by atoms with Crippen LogP contribution in [0.3, 0.4) is 0 Å². The van der Waals surface area contributed by atoms with Gasteiger partial charge in [-0.15, -0.1) is 0 Å². The van der Waals surface area contributed by atoms with Crippen molar-refractivity contribution in [1.82, 2.24) is 0 Å². The number of rotatable bonds is 6. The van der Waals surface area contributed by atoms with Crippen molar-refractivity contribution in [3.05, 3.63) is 52.1 Å². The molecule has 0 saturated heterocycles. The number of nitrogens with zero attached hydrogens (tertiary/aromatic N) is 1. The minimum absolute atomic E-state index is 0.265. The highest BCUT2D eigenvalue weighted by Gasteiger charge is 2.16. The maximum Gasteiger partial charge on any atom is 0.265 e. The quantitative estimate of drug-likeness (QED) is 0.654. The first-order chi connectivity index (χ1) is 11.7. The van der Waals surface area contributed by atoms with E-state index in [4.69, 9.17) is 4.74 Å². The van der Waals surface area contributed by atoms with Gasteiger partial charge in [0.2, 0.25) is 10.0 Å². The van der Waals surface area contributed by atoms with Crippen molar-refractivity contribution in [3.63, 3.8) is 0 Å². The van der Waals surface area contributed by atoms with Crippen molar-refractivity contribution >= 4 is 49.9 Å². The van der Waals surface area contributed by atoms with Crippen molar-refractivity contribution < 1.29 is 17.9 Å². The highest BCUT2D eigenvalue weighted by atomic mass is 127. The van der Waals surface area contributed by atoms with Gasteiger partial charge in [0.25, 0.3) is 5.91 Å². The molecule has 0 bridgehead atoms. The molecule has 1 atom stereocenters. The number of halogens is 1. The highest BCUT2D eigenvalue weighted by Crippen LogP contribution is 2.21. The molecule has 0 aromatic heterocycles. The molecule has 8 heteroatoms. The lowest BCUT2D eigenvalue weighted by atomic mass is 10.3. The van der Waals surface area contributed by atoms with E-state index in [1.54, 1.807) is 31.2 Å². The number of sulfonamides is 1. The van der Waals surface area contributed by atoms with E-state index in [0.717, 1.165) is 9.83 Å². The van der Waals surface area contributed by atoms with Gasteiger partial charge in [0.15, 0.2) is 6.10 Å². The number of hydrogen-bond acceptors (Lipinski definition) is 4. The highest BCUT2D eigenvalue weighted by molar-refractivity contribution is 14.1. The molecule has 0 aliphatic carbocycles. The van der Waals surface area contributed by atoms with E-state index in [2.05, 4.69) is 27.9 Å². The van der Waals surface area contributed by atoms with Gasteiger partial charge < -0.3 is 10.1 Å². The zero-order valence-corrected chi connectivity index (χ0v) is 17.0. The standard InChI is InChI=1S/C17H19IN2O4S/c1-12(17(21)19-14-6-4-13(18)5-7-14)24-16-10-8-15(9-11-16)20(2)25(3,22)23/h4-12H,1-3H3,(H,19,21)/t12-/m0/s1. The molecule has 2 aromatic carbocycles. The lowest BCUT2D eigenvalue weighted by Gasteiger charge is -2.18. The first kappa shape index (κ1) is 19.5. The van der Waals surface area contributed by atoms with E-state index in [0.29, 0.717) is 17.1 Å². The third-order valence-corrected chi connectivity index (χ3v) is 5.42. The second-order valence-electron chi connectivity index (χ2n) is 5.48. The Morgan fingerprint density at radius 1 is 1.12 bits per heavy atom. The van der Waals surface area contributed by atoms with Crippen LogP contribution in [0.2, 0.25) is 0 Å². The lowest BCUT2D eigenvalue weighted by Crippen LogP contribution is -2.30. The molecule has 1 amide bonds. The SMILES string of the molecule is C[C@H](Oc1ccc(N(C)S(C)(=O)=O)cc1)C(=O)Nc1ccc(I)cc1. The van der Waals surface area contributed by atoms with Gasteiger partial charge in [-0.2, -0.15) is 0 Å². The predicted molar refractivity (Wildman–Crippen MR) is 108 cm³/mol. The number of ether oxygens (including phenoxy) is 1. The van der Waals surface area contributed by atoms with Crippen LogP contribution in [0.15, 0.2) is 48.5 Å². The van der Waals surface area contributed by atoms with E-state index < -0.39 is 16.1 Å². The Morgan fingerprint density at radius 2 is 1.68 bits per heavy atom. The van der Waals surface area contributed by atoms with Crippen LogP contribution < -0.4 is 14.4 Å². The Hall–Kier alpha value is -1.81. The molecular formula is C17H19IN2O4S. The molecule has 0 radical (unpaired) electrons. The monoisotopic (exact) mass is 474 g/mol. The lowest BCUT2D eigenvalue weighted by molar-refractivity contribution is -0.122. The minimum Gasteiger partial charge on any atom is -0.481 e. The summed E-state index contributed by atoms with van der Waals surface area (Å²) >= 11 is 2.19. The molecule has 2 rings (SSSR count). The third-order valence-electron chi connectivity index (χ3n) is 3.49. The Kier molecular flexibility index (Phi) is 6.28. The molecule has 0 unspecified atom stereocenters. The fraction of sp³-hybridized carbons (Fsp3) is 0.235. The molecule has 0 aliphatic rings. The van der Waals surface area contributed by atoms with Crippen LogP contribution in [-0.2, 0) is 14.8 Å². The van der Waals surface area contributed by atoms with Crippen LogP contribution in [0.1, 0.15) is 6.92 Å². The molecule has 0 aliphatic heterocycles.